The number of hydrogen-bond acceptors (Lipinski definition) is 4. The van der Waals surface area contributed by atoms with E-state index in [4.69, 9.17) is 11.6 Å². The van der Waals surface area contributed by atoms with Crippen molar-refractivity contribution in [2.24, 2.45) is 0 Å². The van der Waals surface area contributed by atoms with E-state index in [1.807, 2.05) is 0 Å². The Kier molecular flexibility index (Phi) is 3.83. The summed E-state index contributed by atoms with van der Waals surface area (Å²) in [5, 5.41) is 2.07. The molecule has 0 N–H and O–H groups in total. The summed E-state index contributed by atoms with van der Waals surface area (Å²) in [7, 11) is -5.06. The fourth-order valence-electron chi connectivity index (χ4n) is 2.40. The van der Waals surface area contributed by atoms with Crippen molar-refractivity contribution in [1.82, 2.24) is 14.8 Å². The number of nitrogens with zero attached hydrogens (tertiary/aromatic N) is 3. The molecule has 2 aromatic rings. The highest BCUT2D eigenvalue weighted by atomic mass is 35.5. The molecule has 0 fully saturated rings. The van der Waals surface area contributed by atoms with Crippen molar-refractivity contribution < 1.29 is 26.0 Å². The summed E-state index contributed by atoms with van der Waals surface area (Å²) >= 11 is 5.67. The summed E-state index contributed by atoms with van der Waals surface area (Å²) in [5.41, 5.74) is -0.0233. The summed E-state index contributed by atoms with van der Waals surface area (Å²) in [6, 6.07) is 3.03. The molecule has 1 aromatic carbocycles. The van der Waals surface area contributed by atoms with E-state index in [-0.39, 0.29) is 17.0 Å². The first-order chi connectivity index (χ1) is 10.7. The lowest BCUT2D eigenvalue weighted by Gasteiger charge is -2.13. The highest BCUT2D eigenvalue weighted by Crippen LogP contribution is 2.41. The largest absolute Gasteiger partial charge is 0.344 e. The van der Waals surface area contributed by atoms with Crippen LogP contribution in [-0.2, 0) is 9.84 Å². The smallest absolute Gasteiger partial charge is 0.239 e. The van der Waals surface area contributed by atoms with Crippen molar-refractivity contribution in [2.45, 2.75) is 29.5 Å². The van der Waals surface area contributed by atoms with Crippen molar-refractivity contribution in [3.05, 3.63) is 40.4 Å². The van der Waals surface area contributed by atoms with E-state index < -0.39 is 44.6 Å². The van der Waals surface area contributed by atoms with E-state index >= 15 is 0 Å². The van der Waals surface area contributed by atoms with Crippen LogP contribution >= 0.6 is 11.6 Å². The topological polar surface area (TPSA) is 64.8 Å². The lowest BCUT2D eigenvalue weighted by atomic mass is 10.0. The van der Waals surface area contributed by atoms with Crippen LogP contribution in [0.1, 0.15) is 30.0 Å². The van der Waals surface area contributed by atoms with Gasteiger partial charge >= 0.3 is 5.76 Å². The maximum atomic E-state index is 14.1. The van der Waals surface area contributed by atoms with E-state index in [2.05, 4.69) is 10.1 Å². The molecule has 0 unspecified atom stereocenters. The Balaban J connectivity index is 2.11. The molecule has 11 heteroatoms. The van der Waals surface area contributed by atoms with E-state index in [0.29, 0.717) is 0 Å². The van der Waals surface area contributed by atoms with Crippen LogP contribution in [0.2, 0.25) is 5.02 Å². The zero-order valence-corrected chi connectivity index (χ0v) is 12.7. The summed E-state index contributed by atoms with van der Waals surface area (Å²) in [5.74, 6) is -4.98. The second-order valence-electron chi connectivity index (χ2n) is 4.86. The molecule has 0 saturated carbocycles. The molecular formula is C12H8ClF4N3O2S. The Morgan fingerprint density at radius 3 is 2.70 bits per heavy atom. The molecule has 0 radical (unpaired) electrons. The summed E-state index contributed by atoms with van der Waals surface area (Å²) in [4.78, 5) is 3.35. The molecule has 124 valence electrons. The fourth-order valence-corrected chi connectivity index (χ4v) is 3.16. The fraction of sp³-hybridized carbons (Fsp3) is 0.333. The van der Waals surface area contributed by atoms with Crippen LogP contribution in [0.4, 0.5) is 17.6 Å². The van der Waals surface area contributed by atoms with Gasteiger partial charge in [0, 0.05) is 12.0 Å². The molecular weight excluding hydrogens is 362 g/mol. The SMILES string of the molecule is O=S(=O)(c1nc2n(n1)[C@H](c1cccc(Cl)c1F)C[C@@H]2F)C(F)F. The van der Waals surface area contributed by atoms with Crippen molar-refractivity contribution in [2.75, 3.05) is 0 Å². The number of sulfone groups is 1. The van der Waals surface area contributed by atoms with E-state index in [1.54, 1.807) is 0 Å². The Morgan fingerprint density at radius 2 is 2.04 bits per heavy atom. The van der Waals surface area contributed by atoms with Crippen LogP contribution in [0, 0.1) is 5.82 Å². The average molecular weight is 370 g/mol. The van der Waals surface area contributed by atoms with Crippen molar-refractivity contribution >= 4 is 21.4 Å². The van der Waals surface area contributed by atoms with Crippen LogP contribution in [0.25, 0.3) is 0 Å². The van der Waals surface area contributed by atoms with Gasteiger partial charge in [-0.25, -0.2) is 21.9 Å². The predicted octanol–water partition coefficient (Wildman–Crippen LogP) is 3.07. The third-order valence-electron chi connectivity index (χ3n) is 3.47. The van der Waals surface area contributed by atoms with Gasteiger partial charge in [0.05, 0.1) is 11.1 Å². The van der Waals surface area contributed by atoms with Crippen molar-refractivity contribution in [3.8, 4) is 0 Å². The van der Waals surface area contributed by atoms with Gasteiger partial charge in [0.25, 0.3) is 15.0 Å². The Hall–Kier alpha value is -1.68. The van der Waals surface area contributed by atoms with Gasteiger partial charge in [0.2, 0.25) is 0 Å². The number of benzene rings is 1. The van der Waals surface area contributed by atoms with Crippen LogP contribution in [0.15, 0.2) is 23.4 Å². The maximum Gasteiger partial charge on any atom is 0.344 e. The van der Waals surface area contributed by atoms with Gasteiger partial charge < -0.3 is 0 Å². The molecule has 1 aliphatic heterocycles. The van der Waals surface area contributed by atoms with Gasteiger partial charge in [-0.3, -0.25) is 0 Å². The van der Waals surface area contributed by atoms with Gasteiger partial charge in [0.1, 0.15) is 5.82 Å². The number of alkyl halides is 3. The first kappa shape index (κ1) is 16.2. The number of hydrogen-bond donors (Lipinski definition) is 0. The molecule has 1 aliphatic rings. The average Bonchev–Trinajstić information content (AvgIpc) is 3.04. The minimum Gasteiger partial charge on any atom is -0.239 e. The third kappa shape index (κ3) is 2.49. The van der Waals surface area contributed by atoms with Gasteiger partial charge in [-0.05, 0) is 6.07 Å². The number of halogens is 5. The summed E-state index contributed by atoms with van der Waals surface area (Å²) < 4.78 is 76.8. The van der Waals surface area contributed by atoms with E-state index in [0.717, 1.165) is 4.68 Å². The number of rotatable bonds is 3. The van der Waals surface area contributed by atoms with Crippen LogP contribution in [-0.4, -0.2) is 28.9 Å². The minimum atomic E-state index is -5.06. The zero-order chi connectivity index (χ0) is 16.9. The molecule has 0 spiro atoms. The Labute approximate surface area is 132 Å². The normalized spacial score (nSPS) is 21.0. The highest BCUT2D eigenvalue weighted by molar-refractivity contribution is 7.91. The lowest BCUT2D eigenvalue weighted by Crippen LogP contribution is -2.15. The summed E-state index contributed by atoms with van der Waals surface area (Å²) in [6.07, 6.45) is -2.01. The molecule has 5 nitrogen and oxygen atoms in total. The van der Waals surface area contributed by atoms with Gasteiger partial charge in [-0.15, -0.1) is 5.10 Å². The number of aromatic nitrogens is 3. The Morgan fingerprint density at radius 1 is 1.35 bits per heavy atom. The molecule has 2 atom stereocenters. The molecule has 0 aliphatic carbocycles. The monoisotopic (exact) mass is 369 g/mol. The molecule has 0 bridgehead atoms. The predicted molar refractivity (Wildman–Crippen MR) is 71.2 cm³/mol. The van der Waals surface area contributed by atoms with Gasteiger partial charge in [-0.2, -0.15) is 13.8 Å². The number of fused-ring (bicyclic) bond motifs is 1. The standard InChI is InChI=1S/C12H8ClF4N3O2S/c13-6-3-1-2-5(9(6)15)8-4-7(14)10-18-12(19-20(8)10)23(21,22)11(16)17/h1-3,7-8,11H,4H2/t7-,8-/m0/s1. The second-order valence-corrected chi connectivity index (χ2v) is 7.08. The molecule has 1 aromatic heterocycles. The molecule has 2 heterocycles. The molecule has 0 saturated heterocycles. The van der Waals surface area contributed by atoms with Gasteiger partial charge in [-0.1, -0.05) is 23.7 Å². The summed E-state index contributed by atoms with van der Waals surface area (Å²) in [6.45, 7) is 0. The van der Waals surface area contributed by atoms with Crippen LogP contribution in [0.3, 0.4) is 0 Å². The van der Waals surface area contributed by atoms with E-state index in [1.165, 1.54) is 18.2 Å². The molecule has 0 amide bonds. The zero-order valence-electron chi connectivity index (χ0n) is 11.1. The van der Waals surface area contributed by atoms with Crippen LogP contribution < -0.4 is 0 Å². The first-order valence-corrected chi connectivity index (χ1v) is 8.22. The van der Waals surface area contributed by atoms with Crippen LogP contribution in [0.5, 0.6) is 0 Å². The van der Waals surface area contributed by atoms with E-state index in [9.17, 15) is 26.0 Å². The lowest BCUT2D eigenvalue weighted by molar-refractivity contribution is 0.233. The quantitative estimate of drug-likeness (QED) is 0.780. The third-order valence-corrected chi connectivity index (χ3v) is 4.92. The second kappa shape index (κ2) is 5.45. The van der Waals surface area contributed by atoms with Gasteiger partial charge in [0.15, 0.2) is 12.0 Å². The molecule has 23 heavy (non-hydrogen) atoms. The van der Waals surface area contributed by atoms with Crippen molar-refractivity contribution in [1.29, 1.82) is 0 Å². The maximum absolute atomic E-state index is 14.1. The first-order valence-electron chi connectivity index (χ1n) is 6.30. The Bertz CT molecular complexity index is 871. The molecule has 3 rings (SSSR count). The minimum absolute atomic E-state index is 0.0233. The van der Waals surface area contributed by atoms with Crippen molar-refractivity contribution in [3.63, 3.8) is 0 Å². The highest BCUT2D eigenvalue weighted by Gasteiger charge is 2.40.